The zero-order valence-electron chi connectivity index (χ0n) is 28.7. The number of nitrogens with zero attached hydrogens (tertiary/aromatic N) is 2. The van der Waals surface area contributed by atoms with E-state index in [0.29, 0.717) is 38.5 Å². The molecular formula is C37H48ClN3O7S. The van der Waals surface area contributed by atoms with Crippen molar-refractivity contribution in [2.45, 2.75) is 80.5 Å². The van der Waals surface area contributed by atoms with Crippen LogP contribution in [0.1, 0.15) is 57.1 Å². The maximum atomic E-state index is 13.7. The summed E-state index contributed by atoms with van der Waals surface area (Å²) in [4.78, 5) is 17.7. The predicted octanol–water partition coefficient (Wildman–Crippen LogP) is 5.71. The topological polar surface area (TPSA) is 107 Å². The van der Waals surface area contributed by atoms with Gasteiger partial charge in [-0.2, -0.15) is 0 Å². The van der Waals surface area contributed by atoms with Crippen LogP contribution >= 0.6 is 11.6 Å². The van der Waals surface area contributed by atoms with Gasteiger partial charge in [0.05, 0.1) is 42.0 Å². The van der Waals surface area contributed by atoms with Gasteiger partial charge in [-0.05, 0) is 106 Å². The van der Waals surface area contributed by atoms with E-state index in [-0.39, 0.29) is 47.5 Å². The molecule has 2 aliphatic carbocycles. The van der Waals surface area contributed by atoms with Crippen molar-refractivity contribution >= 4 is 33.4 Å². The summed E-state index contributed by atoms with van der Waals surface area (Å²) in [5.74, 6) is 0.964. The van der Waals surface area contributed by atoms with Crippen molar-refractivity contribution in [2.75, 3.05) is 57.9 Å². The van der Waals surface area contributed by atoms with Crippen LogP contribution in [0.25, 0.3) is 0 Å². The third-order valence-corrected chi connectivity index (χ3v) is 12.9. The first-order chi connectivity index (χ1) is 23.5. The van der Waals surface area contributed by atoms with Crippen molar-refractivity contribution in [1.82, 2.24) is 9.62 Å². The molecule has 0 radical (unpaired) electrons. The van der Waals surface area contributed by atoms with Crippen LogP contribution in [-0.4, -0.2) is 90.3 Å². The average molecular weight is 714 g/mol. The number of methoxy groups -OCH3 is 1. The Hall–Kier alpha value is -2.83. The fourth-order valence-corrected chi connectivity index (χ4v) is 9.62. The van der Waals surface area contributed by atoms with E-state index >= 15 is 0 Å². The number of benzene rings is 2. The van der Waals surface area contributed by atoms with Gasteiger partial charge < -0.3 is 28.7 Å². The highest BCUT2D eigenvalue weighted by atomic mass is 35.5. The summed E-state index contributed by atoms with van der Waals surface area (Å²) < 4.78 is 54.6. The number of anilines is 1. The molecule has 3 heterocycles. The molecule has 2 aromatic carbocycles. The molecule has 1 amide bonds. The van der Waals surface area contributed by atoms with Crippen molar-refractivity contribution in [3.8, 4) is 5.75 Å². The van der Waals surface area contributed by atoms with Crippen LogP contribution in [0.5, 0.6) is 5.75 Å². The van der Waals surface area contributed by atoms with Crippen LogP contribution in [0, 0.1) is 11.8 Å². The second kappa shape index (κ2) is 13.7. The molecule has 2 bridgehead atoms. The fourth-order valence-electron chi connectivity index (χ4n) is 8.21. The first kappa shape index (κ1) is 34.6. The predicted molar refractivity (Wildman–Crippen MR) is 188 cm³/mol. The van der Waals surface area contributed by atoms with Crippen molar-refractivity contribution < 1.29 is 32.2 Å². The van der Waals surface area contributed by atoms with Gasteiger partial charge in [0.25, 0.3) is 0 Å². The summed E-state index contributed by atoms with van der Waals surface area (Å²) in [6.07, 6.45) is 8.74. The molecule has 10 nitrogen and oxygen atoms in total. The van der Waals surface area contributed by atoms with E-state index in [0.717, 1.165) is 49.2 Å². The Labute approximate surface area is 295 Å². The molecule has 1 saturated carbocycles. The molecular weight excluding hydrogens is 666 g/mol. The van der Waals surface area contributed by atoms with Gasteiger partial charge in [-0.3, -0.25) is 0 Å². The van der Waals surface area contributed by atoms with Crippen LogP contribution in [0.2, 0.25) is 5.02 Å². The second-order valence-electron chi connectivity index (χ2n) is 15.0. The minimum atomic E-state index is -3.84. The lowest BCUT2D eigenvalue weighted by Crippen LogP contribution is -2.50. The van der Waals surface area contributed by atoms with Gasteiger partial charge in [0.15, 0.2) is 0 Å². The number of hydrogen-bond donors (Lipinski definition) is 1. The van der Waals surface area contributed by atoms with Crippen molar-refractivity contribution in [1.29, 1.82) is 0 Å². The number of fused-ring (bicyclic) bond motifs is 4. The standard InChI is InChI=1S/C37H48ClN3O7S/c1-36(2)22-39-49(43,44)29-10-13-34-32(19-29)41(23-37(24-46-34)15-4-6-25-18-27(38)9-12-31(25)37)20-26-8-11-30(26)33(7-5-17-47-36)48-35(42)40-16-14-28(21-40)45-3/h5,7,9-10,12-13,18-19,26,28,30,33,39H,4,6,8,11,14-17,20-24H2,1-3H3/b7-5+/t26-,28+,30+,33-,37-/m0/s1. The number of likely N-dealkylation sites (tertiary alicyclic amines) is 1. The number of aryl methyl sites for hydroxylation is 1. The first-order valence-corrected chi connectivity index (χ1v) is 19.4. The number of sulfonamides is 1. The molecule has 1 N–H and O–H groups in total. The lowest BCUT2D eigenvalue weighted by atomic mass is 9.68. The Morgan fingerprint density at radius 2 is 1.96 bits per heavy atom. The number of halogens is 1. The summed E-state index contributed by atoms with van der Waals surface area (Å²) in [5.41, 5.74) is 2.18. The first-order valence-electron chi connectivity index (χ1n) is 17.5. The van der Waals surface area contributed by atoms with Gasteiger partial charge in [-0.25, -0.2) is 17.9 Å². The zero-order chi connectivity index (χ0) is 34.4. The van der Waals surface area contributed by atoms with E-state index in [1.165, 1.54) is 11.1 Å². The van der Waals surface area contributed by atoms with Crippen molar-refractivity contribution in [3.05, 3.63) is 64.7 Å². The second-order valence-corrected chi connectivity index (χ2v) is 17.2. The maximum Gasteiger partial charge on any atom is 0.410 e. The Morgan fingerprint density at radius 3 is 2.73 bits per heavy atom. The lowest BCUT2D eigenvalue weighted by molar-refractivity contribution is -0.000686. The molecule has 5 atom stereocenters. The average Bonchev–Trinajstić information content (AvgIpc) is 3.50. The lowest BCUT2D eigenvalue weighted by Gasteiger charge is -2.46. The quantitative estimate of drug-likeness (QED) is 0.395. The molecule has 266 valence electrons. The Bertz CT molecular complexity index is 1700. The maximum absolute atomic E-state index is 13.7. The summed E-state index contributed by atoms with van der Waals surface area (Å²) in [5, 5.41) is 0.729. The highest BCUT2D eigenvalue weighted by Gasteiger charge is 2.45. The molecule has 0 aromatic heterocycles. The van der Waals surface area contributed by atoms with Crippen molar-refractivity contribution in [2.24, 2.45) is 11.8 Å². The molecule has 0 unspecified atom stereocenters. The Morgan fingerprint density at radius 1 is 1.10 bits per heavy atom. The third kappa shape index (κ3) is 7.19. The summed E-state index contributed by atoms with van der Waals surface area (Å²) in [7, 11) is -2.17. The fraction of sp³-hybridized carbons (Fsp3) is 0.595. The molecule has 5 aliphatic rings. The number of carbonyl (C=O) groups excluding carboxylic acids is 1. The number of carbonyl (C=O) groups is 1. The van der Waals surface area contributed by atoms with E-state index < -0.39 is 21.7 Å². The van der Waals surface area contributed by atoms with E-state index in [4.69, 9.17) is 30.5 Å². The number of nitrogens with one attached hydrogen (secondary N) is 1. The smallest absolute Gasteiger partial charge is 0.410 e. The highest BCUT2D eigenvalue weighted by Crippen LogP contribution is 2.47. The molecule has 2 fully saturated rings. The van der Waals surface area contributed by atoms with E-state index in [9.17, 15) is 13.2 Å². The summed E-state index contributed by atoms with van der Waals surface area (Å²) >= 11 is 6.45. The van der Waals surface area contributed by atoms with Crippen LogP contribution in [0.15, 0.2) is 53.4 Å². The molecule has 12 heteroatoms. The van der Waals surface area contributed by atoms with Crippen LogP contribution in [0.3, 0.4) is 0 Å². The molecule has 1 spiro atoms. The summed E-state index contributed by atoms with van der Waals surface area (Å²) in [6, 6.07) is 11.4. The largest absolute Gasteiger partial charge is 0.490 e. The third-order valence-electron chi connectivity index (χ3n) is 11.2. The highest BCUT2D eigenvalue weighted by molar-refractivity contribution is 7.89. The van der Waals surface area contributed by atoms with Crippen molar-refractivity contribution in [3.63, 3.8) is 0 Å². The number of rotatable bonds is 2. The Kier molecular flexibility index (Phi) is 9.69. The van der Waals surface area contributed by atoms with E-state index in [2.05, 4.69) is 21.8 Å². The van der Waals surface area contributed by atoms with E-state index in [1.54, 1.807) is 30.2 Å². The van der Waals surface area contributed by atoms with Gasteiger partial charge in [0, 0.05) is 49.6 Å². The number of ether oxygens (including phenoxy) is 4. The van der Waals surface area contributed by atoms with E-state index in [1.807, 2.05) is 32.1 Å². The molecule has 2 aromatic rings. The monoisotopic (exact) mass is 713 g/mol. The van der Waals surface area contributed by atoms with Gasteiger partial charge in [-0.15, -0.1) is 0 Å². The van der Waals surface area contributed by atoms with Crippen LogP contribution in [-0.2, 0) is 36.1 Å². The molecule has 1 saturated heterocycles. The molecule has 3 aliphatic heterocycles. The zero-order valence-corrected chi connectivity index (χ0v) is 30.2. The number of hydrogen-bond acceptors (Lipinski definition) is 8. The van der Waals surface area contributed by atoms with Gasteiger partial charge in [0.2, 0.25) is 10.0 Å². The van der Waals surface area contributed by atoms with Gasteiger partial charge in [-0.1, -0.05) is 23.7 Å². The molecule has 7 rings (SSSR count). The summed E-state index contributed by atoms with van der Waals surface area (Å²) in [6.45, 7) is 7.00. The SMILES string of the molecule is CO[C@@H]1CCN(C(=O)O[C@H]2/C=C/COC(C)(C)CNS(=O)(=O)c3ccc4c(c3)N(C[C@@H]3CC[C@H]32)C[C@@]2(CCCc3cc(Cl)ccc32)CO4)C1. The van der Waals surface area contributed by atoms with Crippen LogP contribution < -0.4 is 14.4 Å². The Balaban J connectivity index is 1.25. The van der Waals surface area contributed by atoms with Gasteiger partial charge >= 0.3 is 6.09 Å². The van der Waals surface area contributed by atoms with Crippen LogP contribution in [0.4, 0.5) is 10.5 Å². The minimum Gasteiger partial charge on any atom is -0.490 e. The number of amides is 1. The van der Waals surface area contributed by atoms with Gasteiger partial charge in [0.1, 0.15) is 11.9 Å². The molecule has 49 heavy (non-hydrogen) atoms. The minimum absolute atomic E-state index is 0.0214. The normalized spacial score (nSPS) is 31.4.